The fraction of sp³-hybridized carbons (Fsp3) is 0.571. The molecule has 1 fully saturated rings. The number of rotatable bonds is 6. The minimum Gasteiger partial charge on any atom is -0.450 e. The maximum absolute atomic E-state index is 12.8. The van der Waals surface area contributed by atoms with Crippen LogP contribution in [0.15, 0.2) is 30.3 Å². The Morgan fingerprint density at radius 2 is 2.04 bits per heavy atom. The second-order valence-corrected chi connectivity index (χ2v) is 6.41. The van der Waals surface area contributed by atoms with Gasteiger partial charge in [0, 0.05) is 10.0 Å². The Hall–Kier alpha value is -1.83. The molecular weight excluding hydrogens is 314 g/mol. The van der Waals surface area contributed by atoms with Crippen LogP contribution in [-0.2, 0) is 15.1 Å². The summed E-state index contributed by atoms with van der Waals surface area (Å²) in [6, 6.07) is 8.93. The fourth-order valence-electron chi connectivity index (χ4n) is 3.26. The summed E-state index contributed by atoms with van der Waals surface area (Å²) >= 11 is 0. The van der Waals surface area contributed by atoms with Crippen LogP contribution in [0.3, 0.4) is 0 Å². The quantitative estimate of drug-likeness (QED) is 0.635. The van der Waals surface area contributed by atoms with Gasteiger partial charge in [0.15, 0.2) is 12.2 Å². The van der Waals surface area contributed by atoms with Gasteiger partial charge in [-0.25, -0.2) is 4.79 Å². The van der Waals surface area contributed by atoms with E-state index >= 15 is 0 Å². The molecule has 25 heavy (non-hydrogen) atoms. The molecule has 1 aliphatic rings. The second-order valence-electron chi connectivity index (χ2n) is 6.41. The molecule has 2 rings (SSSR count). The largest absolute Gasteiger partial charge is 0.450 e. The molecule has 1 atom stereocenters. The number of esters is 1. The molecular formula is C21H29NO3. The summed E-state index contributed by atoms with van der Waals surface area (Å²) in [4.78, 5) is 14.1. The van der Waals surface area contributed by atoms with Crippen molar-refractivity contribution >= 4 is 5.97 Å². The van der Waals surface area contributed by atoms with Gasteiger partial charge in [-0.15, -0.1) is 0 Å². The SMILES string of the molecule is [2H]C([2H])([2H])N(CC)CC#CCOC(=O)C(O)(c1ccccc1)C1CCCCC1. The third-order valence-electron chi connectivity index (χ3n) is 4.77. The lowest BCUT2D eigenvalue weighted by atomic mass is 9.73. The van der Waals surface area contributed by atoms with Crippen LogP contribution in [0.4, 0.5) is 0 Å². The molecule has 1 saturated carbocycles. The van der Waals surface area contributed by atoms with E-state index in [9.17, 15) is 9.90 Å². The molecule has 0 radical (unpaired) electrons. The van der Waals surface area contributed by atoms with Crippen LogP contribution in [-0.4, -0.2) is 42.6 Å². The smallest absolute Gasteiger partial charge is 0.344 e. The first kappa shape index (κ1) is 15.4. The predicted octanol–water partition coefficient (Wildman–Crippen LogP) is 2.95. The molecule has 1 aromatic rings. The lowest BCUT2D eigenvalue weighted by molar-refractivity contribution is -0.174. The van der Waals surface area contributed by atoms with Crippen LogP contribution in [0, 0.1) is 17.8 Å². The summed E-state index contributed by atoms with van der Waals surface area (Å²) in [7, 11) is 0. The highest BCUT2D eigenvalue weighted by atomic mass is 16.5. The Labute approximate surface area is 155 Å². The van der Waals surface area contributed by atoms with Crippen LogP contribution in [0.25, 0.3) is 0 Å². The number of carbonyl (C=O) groups excluding carboxylic acids is 1. The maximum atomic E-state index is 12.8. The summed E-state index contributed by atoms with van der Waals surface area (Å²) in [6.07, 6.45) is 4.62. The lowest BCUT2D eigenvalue weighted by Gasteiger charge is -2.36. The van der Waals surface area contributed by atoms with E-state index in [4.69, 9.17) is 8.85 Å². The van der Waals surface area contributed by atoms with Crippen molar-refractivity contribution in [3.05, 3.63) is 35.9 Å². The topological polar surface area (TPSA) is 49.8 Å². The normalized spacial score (nSPS) is 19.7. The lowest BCUT2D eigenvalue weighted by Crippen LogP contribution is -2.45. The Morgan fingerprint density at radius 3 is 2.68 bits per heavy atom. The van der Waals surface area contributed by atoms with E-state index in [-0.39, 0.29) is 19.1 Å². The molecule has 1 unspecified atom stereocenters. The minimum atomic E-state index is -2.20. The highest BCUT2D eigenvalue weighted by Crippen LogP contribution is 2.40. The minimum absolute atomic E-state index is 0.0656. The average Bonchev–Trinajstić information content (AvgIpc) is 2.70. The van der Waals surface area contributed by atoms with Crippen LogP contribution < -0.4 is 0 Å². The van der Waals surface area contributed by atoms with E-state index < -0.39 is 18.5 Å². The van der Waals surface area contributed by atoms with Crippen LogP contribution >= 0.6 is 0 Å². The highest BCUT2D eigenvalue weighted by Gasteiger charge is 2.46. The van der Waals surface area contributed by atoms with Gasteiger partial charge in [-0.1, -0.05) is 68.4 Å². The maximum Gasteiger partial charge on any atom is 0.344 e. The van der Waals surface area contributed by atoms with E-state index in [1.54, 1.807) is 31.2 Å². The summed E-state index contributed by atoms with van der Waals surface area (Å²) in [6.45, 7) is -0.220. The number of nitrogens with zero attached hydrogens (tertiary/aromatic N) is 1. The van der Waals surface area contributed by atoms with Crippen molar-refractivity contribution < 1.29 is 18.8 Å². The standard InChI is InChI=1S/C21H29NO3/c1-3-22(2)16-10-11-17-25-20(23)21(24,18-12-6-4-7-13-18)19-14-8-5-9-15-19/h4,6-7,12-13,19,24H,3,5,8-9,14-17H2,1-2H3/i2D3. The van der Waals surface area contributed by atoms with Crippen molar-refractivity contribution in [2.45, 2.75) is 44.6 Å². The van der Waals surface area contributed by atoms with Gasteiger partial charge in [0.25, 0.3) is 0 Å². The van der Waals surface area contributed by atoms with Gasteiger partial charge in [-0.3, -0.25) is 4.90 Å². The van der Waals surface area contributed by atoms with Gasteiger partial charge in [-0.2, -0.15) is 0 Å². The third kappa shape index (κ3) is 5.07. The van der Waals surface area contributed by atoms with Gasteiger partial charge in [0.2, 0.25) is 0 Å². The van der Waals surface area contributed by atoms with Gasteiger partial charge >= 0.3 is 5.97 Å². The van der Waals surface area contributed by atoms with E-state index in [1.165, 1.54) is 4.90 Å². The summed E-state index contributed by atoms with van der Waals surface area (Å²) in [5.41, 5.74) is -1.14. The Morgan fingerprint density at radius 1 is 1.32 bits per heavy atom. The molecule has 0 aromatic heterocycles. The number of ether oxygens (including phenoxy) is 1. The molecule has 1 N–H and O–H groups in total. The molecule has 4 heteroatoms. The van der Waals surface area contributed by atoms with Gasteiger partial charge in [0.05, 0.1) is 6.54 Å². The number of aliphatic hydroxyl groups is 1. The Bertz CT molecular complexity index is 690. The number of hydrogen-bond donors (Lipinski definition) is 1. The molecule has 1 aromatic carbocycles. The fourth-order valence-corrected chi connectivity index (χ4v) is 3.26. The van der Waals surface area contributed by atoms with Crippen molar-refractivity contribution in [1.29, 1.82) is 0 Å². The number of hydrogen-bond acceptors (Lipinski definition) is 4. The molecule has 0 saturated heterocycles. The first-order valence-corrected chi connectivity index (χ1v) is 8.96. The van der Waals surface area contributed by atoms with Crippen LogP contribution in [0.2, 0.25) is 0 Å². The summed E-state index contributed by atoms with van der Waals surface area (Å²) < 4.78 is 27.5. The molecule has 0 heterocycles. The molecule has 0 bridgehead atoms. The van der Waals surface area contributed by atoms with Crippen molar-refractivity contribution in [2.75, 3.05) is 26.7 Å². The molecule has 4 nitrogen and oxygen atoms in total. The highest BCUT2D eigenvalue weighted by molar-refractivity contribution is 5.81. The number of carbonyl (C=O) groups is 1. The number of benzene rings is 1. The first-order chi connectivity index (χ1) is 13.3. The van der Waals surface area contributed by atoms with E-state index in [1.807, 2.05) is 6.07 Å². The van der Waals surface area contributed by atoms with E-state index in [0.717, 1.165) is 32.1 Å². The van der Waals surface area contributed by atoms with Crippen molar-refractivity contribution in [3.63, 3.8) is 0 Å². The predicted molar refractivity (Wildman–Crippen MR) is 98.8 cm³/mol. The zero-order valence-corrected chi connectivity index (χ0v) is 14.8. The van der Waals surface area contributed by atoms with Crippen LogP contribution in [0.5, 0.6) is 0 Å². The monoisotopic (exact) mass is 346 g/mol. The van der Waals surface area contributed by atoms with Gasteiger partial charge in [-0.05, 0) is 31.9 Å². The van der Waals surface area contributed by atoms with Crippen LogP contribution in [0.1, 0.15) is 48.7 Å². The zero-order valence-electron chi connectivity index (χ0n) is 17.8. The van der Waals surface area contributed by atoms with Crippen molar-refractivity contribution in [2.24, 2.45) is 5.92 Å². The first-order valence-electron chi connectivity index (χ1n) is 10.5. The Kier molecular flexibility index (Phi) is 5.92. The average molecular weight is 346 g/mol. The summed E-state index contributed by atoms with van der Waals surface area (Å²) in [5, 5.41) is 11.4. The molecule has 1 aliphatic carbocycles. The van der Waals surface area contributed by atoms with Gasteiger partial charge in [0.1, 0.15) is 0 Å². The van der Waals surface area contributed by atoms with Crippen molar-refractivity contribution in [3.8, 4) is 11.8 Å². The molecule has 0 aliphatic heterocycles. The van der Waals surface area contributed by atoms with E-state index in [2.05, 4.69) is 11.8 Å². The second kappa shape index (κ2) is 9.60. The zero-order chi connectivity index (χ0) is 20.6. The molecule has 0 amide bonds. The van der Waals surface area contributed by atoms with Gasteiger partial charge < -0.3 is 9.84 Å². The van der Waals surface area contributed by atoms with E-state index in [0.29, 0.717) is 12.1 Å². The Balaban J connectivity index is 2.05. The third-order valence-corrected chi connectivity index (χ3v) is 4.77. The molecule has 0 spiro atoms. The van der Waals surface area contributed by atoms with Crippen molar-refractivity contribution in [1.82, 2.24) is 4.90 Å². The summed E-state index contributed by atoms with van der Waals surface area (Å²) in [5.74, 6) is 4.53. The molecule has 136 valence electrons.